The van der Waals surface area contributed by atoms with Gasteiger partial charge in [-0.1, -0.05) is 0 Å². The molecule has 1 heterocycles. The average Bonchev–Trinajstić information content (AvgIpc) is 2.66. The molecule has 1 rings (SSSR count). The van der Waals surface area contributed by atoms with Crippen LogP contribution in [0.15, 0.2) is 0 Å². The molecule has 1 aliphatic heterocycles. The number of carbonyl (C=O) groups excluding carboxylic acids is 1. The Morgan fingerprint density at radius 2 is 2.27 bits per heavy atom. The second-order valence-electron chi connectivity index (χ2n) is 3.76. The molecule has 3 unspecified atom stereocenters. The van der Waals surface area contributed by atoms with E-state index in [1.165, 1.54) is 0 Å². The first-order valence-corrected chi connectivity index (χ1v) is 5.13. The van der Waals surface area contributed by atoms with Crippen molar-refractivity contribution >= 4 is 5.97 Å². The molecule has 88 valence electrons. The van der Waals surface area contributed by atoms with E-state index in [1.807, 2.05) is 6.92 Å². The Bertz CT molecular complexity index is 210. The minimum atomic E-state index is -0.241. The van der Waals surface area contributed by atoms with E-state index in [0.29, 0.717) is 19.6 Å². The number of ether oxygens (including phenoxy) is 3. The molecule has 1 saturated heterocycles. The SMILES string of the molecule is COCC(C)OC(=O)C1CC(OC)CN1. The molecular weight excluding hydrogens is 198 g/mol. The summed E-state index contributed by atoms with van der Waals surface area (Å²) in [6.45, 7) is 2.94. The molecule has 0 aliphatic carbocycles. The maximum atomic E-state index is 11.6. The van der Waals surface area contributed by atoms with Crippen LogP contribution in [0.3, 0.4) is 0 Å². The molecular formula is C10H19NO4. The fraction of sp³-hybridized carbons (Fsp3) is 0.900. The van der Waals surface area contributed by atoms with Crippen molar-refractivity contribution in [3.63, 3.8) is 0 Å². The van der Waals surface area contributed by atoms with Crippen molar-refractivity contribution in [1.29, 1.82) is 0 Å². The first-order valence-electron chi connectivity index (χ1n) is 5.13. The van der Waals surface area contributed by atoms with E-state index in [-0.39, 0.29) is 24.2 Å². The molecule has 1 aliphatic rings. The number of methoxy groups -OCH3 is 2. The van der Waals surface area contributed by atoms with Crippen LogP contribution in [0.25, 0.3) is 0 Å². The highest BCUT2D eigenvalue weighted by Crippen LogP contribution is 2.11. The summed E-state index contributed by atoms with van der Waals surface area (Å²) < 4.78 is 15.2. The highest BCUT2D eigenvalue weighted by atomic mass is 16.6. The minimum absolute atomic E-state index is 0.111. The molecule has 0 saturated carbocycles. The van der Waals surface area contributed by atoms with E-state index >= 15 is 0 Å². The van der Waals surface area contributed by atoms with Crippen molar-refractivity contribution < 1.29 is 19.0 Å². The van der Waals surface area contributed by atoms with Gasteiger partial charge in [0.25, 0.3) is 0 Å². The van der Waals surface area contributed by atoms with E-state index in [2.05, 4.69) is 5.32 Å². The van der Waals surface area contributed by atoms with Crippen LogP contribution in [-0.4, -0.2) is 51.6 Å². The van der Waals surface area contributed by atoms with Gasteiger partial charge in [-0.05, 0) is 6.92 Å². The molecule has 0 bridgehead atoms. The van der Waals surface area contributed by atoms with Gasteiger partial charge in [0, 0.05) is 27.2 Å². The van der Waals surface area contributed by atoms with Gasteiger partial charge < -0.3 is 19.5 Å². The number of rotatable bonds is 5. The molecule has 0 spiro atoms. The van der Waals surface area contributed by atoms with Crippen molar-refractivity contribution in [3.05, 3.63) is 0 Å². The summed E-state index contributed by atoms with van der Waals surface area (Å²) in [5, 5.41) is 3.06. The Morgan fingerprint density at radius 3 is 2.80 bits per heavy atom. The third kappa shape index (κ3) is 3.77. The monoisotopic (exact) mass is 217 g/mol. The van der Waals surface area contributed by atoms with Gasteiger partial charge >= 0.3 is 5.97 Å². The molecule has 0 radical (unpaired) electrons. The predicted molar refractivity (Wildman–Crippen MR) is 54.6 cm³/mol. The fourth-order valence-electron chi connectivity index (χ4n) is 1.61. The van der Waals surface area contributed by atoms with E-state index in [1.54, 1.807) is 14.2 Å². The van der Waals surface area contributed by atoms with E-state index in [0.717, 1.165) is 0 Å². The topological polar surface area (TPSA) is 56.8 Å². The van der Waals surface area contributed by atoms with Crippen molar-refractivity contribution in [1.82, 2.24) is 5.32 Å². The largest absolute Gasteiger partial charge is 0.459 e. The molecule has 1 fully saturated rings. The number of hydrogen-bond acceptors (Lipinski definition) is 5. The third-order valence-corrected chi connectivity index (χ3v) is 2.43. The lowest BCUT2D eigenvalue weighted by atomic mass is 10.2. The van der Waals surface area contributed by atoms with Gasteiger partial charge in [0.15, 0.2) is 0 Å². The number of esters is 1. The molecule has 5 nitrogen and oxygen atoms in total. The summed E-state index contributed by atoms with van der Waals surface area (Å²) in [6.07, 6.45) is 0.584. The maximum absolute atomic E-state index is 11.6. The second-order valence-corrected chi connectivity index (χ2v) is 3.76. The molecule has 0 aromatic carbocycles. The summed E-state index contributed by atoms with van der Waals surface area (Å²) >= 11 is 0. The molecule has 0 aromatic rings. The molecule has 0 amide bonds. The molecule has 5 heteroatoms. The van der Waals surface area contributed by atoms with Crippen LogP contribution in [0.1, 0.15) is 13.3 Å². The number of nitrogens with one attached hydrogen (secondary N) is 1. The smallest absolute Gasteiger partial charge is 0.323 e. The van der Waals surface area contributed by atoms with Gasteiger partial charge in [0.2, 0.25) is 0 Å². The summed E-state index contributed by atoms with van der Waals surface area (Å²) in [5.74, 6) is -0.223. The van der Waals surface area contributed by atoms with Crippen LogP contribution < -0.4 is 5.32 Å². The van der Waals surface area contributed by atoms with E-state index in [9.17, 15) is 4.79 Å². The molecule has 3 atom stereocenters. The highest BCUT2D eigenvalue weighted by molar-refractivity contribution is 5.76. The van der Waals surface area contributed by atoms with Crippen LogP contribution in [0, 0.1) is 0 Å². The van der Waals surface area contributed by atoms with E-state index in [4.69, 9.17) is 14.2 Å². The Morgan fingerprint density at radius 1 is 1.53 bits per heavy atom. The first kappa shape index (κ1) is 12.4. The summed E-state index contributed by atoms with van der Waals surface area (Å²) in [4.78, 5) is 11.6. The summed E-state index contributed by atoms with van der Waals surface area (Å²) in [6, 6.07) is -0.241. The van der Waals surface area contributed by atoms with Crippen LogP contribution in [0.5, 0.6) is 0 Å². The second kappa shape index (κ2) is 6.05. The lowest BCUT2D eigenvalue weighted by Gasteiger charge is -2.15. The Hall–Kier alpha value is -0.650. The van der Waals surface area contributed by atoms with Crippen LogP contribution in [-0.2, 0) is 19.0 Å². The van der Waals surface area contributed by atoms with Crippen molar-refractivity contribution in [2.75, 3.05) is 27.4 Å². The lowest BCUT2D eigenvalue weighted by Crippen LogP contribution is -2.35. The molecule has 1 N–H and O–H groups in total. The van der Waals surface area contributed by atoms with Crippen molar-refractivity contribution in [2.45, 2.75) is 31.6 Å². The normalized spacial score (nSPS) is 27.7. The third-order valence-electron chi connectivity index (χ3n) is 2.43. The van der Waals surface area contributed by atoms with Crippen LogP contribution >= 0.6 is 0 Å². The van der Waals surface area contributed by atoms with Gasteiger partial charge in [-0.15, -0.1) is 0 Å². The fourth-order valence-corrected chi connectivity index (χ4v) is 1.61. The van der Waals surface area contributed by atoms with Gasteiger partial charge in [0.1, 0.15) is 12.1 Å². The zero-order valence-electron chi connectivity index (χ0n) is 9.49. The van der Waals surface area contributed by atoms with Crippen molar-refractivity contribution in [2.24, 2.45) is 0 Å². The molecule has 15 heavy (non-hydrogen) atoms. The Labute approximate surface area is 90.1 Å². The Kier molecular flexibility index (Phi) is 5.01. The van der Waals surface area contributed by atoms with E-state index < -0.39 is 0 Å². The quantitative estimate of drug-likeness (QED) is 0.654. The average molecular weight is 217 g/mol. The van der Waals surface area contributed by atoms with Gasteiger partial charge in [-0.2, -0.15) is 0 Å². The standard InChI is InChI=1S/C10H19NO4/c1-7(6-13-2)15-10(12)9-4-8(14-3)5-11-9/h7-9,11H,4-6H2,1-3H3. The highest BCUT2D eigenvalue weighted by Gasteiger charge is 2.31. The summed E-state index contributed by atoms with van der Waals surface area (Å²) in [5.41, 5.74) is 0. The van der Waals surface area contributed by atoms with Crippen LogP contribution in [0.4, 0.5) is 0 Å². The van der Waals surface area contributed by atoms with Crippen molar-refractivity contribution in [3.8, 4) is 0 Å². The Balaban J connectivity index is 2.29. The first-order chi connectivity index (χ1) is 7.17. The van der Waals surface area contributed by atoms with Gasteiger partial charge in [0.05, 0.1) is 12.7 Å². The maximum Gasteiger partial charge on any atom is 0.323 e. The van der Waals surface area contributed by atoms with Gasteiger partial charge in [-0.3, -0.25) is 4.79 Å². The number of carbonyl (C=O) groups is 1. The predicted octanol–water partition coefficient (Wildman–Crippen LogP) is -0.0586. The zero-order valence-corrected chi connectivity index (χ0v) is 9.49. The van der Waals surface area contributed by atoms with Gasteiger partial charge in [-0.25, -0.2) is 0 Å². The lowest BCUT2D eigenvalue weighted by molar-refractivity contribution is -0.152. The minimum Gasteiger partial charge on any atom is -0.459 e. The summed E-state index contributed by atoms with van der Waals surface area (Å²) in [7, 11) is 3.23. The molecule has 0 aromatic heterocycles. The van der Waals surface area contributed by atoms with Crippen LogP contribution in [0.2, 0.25) is 0 Å². The zero-order chi connectivity index (χ0) is 11.3. The number of hydrogen-bond donors (Lipinski definition) is 1.